The molecule has 1 saturated heterocycles. The first-order valence-corrected chi connectivity index (χ1v) is 11.7. The van der Waals surface area contributed by atoms with Gasteiger partial charge in [-0.2, -0.15) is 0 Å². The molecule has 0 bridgehead atoms. The summed E-state index contributed by atoms with van der Waals surface area (Å²) in [5.74, 6) is 2.29. The van der Waals surface area contributed by atoms with E-state index in [1.165, 1.54) is 12.2 Å². The van der Waals surface area contributed by atoms with Gasteiger partial charge in [0.05, 0.1) is 11.9 Å². The van der Waals surface area contributed by atoms with E-state index in [0.29, 0.717) is 24.8 Å². The van der Waals surface area contributed by atoms with Crippen molar-refractivity contribution >= 4 is 11.7 Å². The molecule has 0 radical (unpaired) electrons. The Kier molecular flexibility index (Phi) is 5.92. The van der Waals surface area contributed by atoms with Crippen LogP contribution in [0.15, 0.2) is 35.2 Å². The molecule has 5 rings (SSSR count). The van der Waals surface area contributed by atoms with Gasteiger partial charge in [-0.05, 0) is 50.2 Å². The van der Waals surface area contributed by atoms with E-state index in [1.54, 1.807) is 12.3 Å². The zero-order chi connectivity index (χ0) is 23.0. The Balaban J connectivity index is 1.20. The van der Waals surface area contributed by atoms with Gasteiger partial charge in [0, 0.05) is 44.3 Å². The number of allylic oxidation sites excluding steroid dienone is 3. The molecule has 1 aromatic heterocycles. The number of amidine groups is 1. The van der Waals surface area contributed by atoms with E-state index in [0.717, 1.165) is 69.0 Å². The molecular formula is C23H28F3N5O2. The second-order valence-electron chi connectivity index (χ2n) is 9.24. The highest BCUT2D eigenvalue weighted by Gasteiger charge is 2.35. The maximum atomic E-state index is 12.6. The Hall–Kier alpha value is -2.78. The Morgan fingerprint density at radius 3 is 2.73 bits per heavy atom. The lowest BCUT2D eigenvalue weighted by molar-refractivity contribution is -0.303. The number of amides is 1. The topological polar surface area (TPSA) is 71.8 Å². The van der Waals surface area contributed by atoms with Gasteiger partial charge in [0.2, 0.25) is 5.91 Å². The molecule has 1 atom stereocenters. The number of piperidine rings is 1. The lowest BCUT2D eigenvalue weighted by Gasteiger charge is -2.31. The van der Waals surface area contributed by atoms with Crippen molar-refractivity contribution in [2.75, 3.05) is 25.1 Å². The predicted molar refractivity (Wildman–Crippen MR) is 116 cm³/mol. The fraction of sp³-hybridized carbons (Fsp3) is 0.609. The zero-order valence-corrected chi connectivity index (χ0v) is 18.4. The SMILES string of the molecule is O=C(C1CC1)N1CCC(CN=C2CCc3ncc(C4C=C(OC(F)(F)F)C=CC4)n3N2)CC1. The molecule has 2 fully saturated rings. The van der Waals surface area contributed by atoms with Crippen molar-refractivity contribution in [2.45, 2.75) is 57.2 Å². The van der Waals surface area contributed by atoms with Gasteiger partial charge in [-0.15, -0.1) is 13.2 Å². The molecule has 1 amide bonds. The minimum atomic E-state index is -4.71. The molecule has 0 aromatic carbocycles. The highest BCUT2D eigenvalue weighted by Crippen LogP contribution is 2.33. The number of aromatic nitrogens is 2. The van der Waals surface area contributed by atoms with E-state index in [-0.39, 0.29) is 17.6 Å². The first-order chi connectivity index (χ1) is 15.9. The molecule has 2 aliphatic carbocycles. The number of aliphatic imine (C=N–C) groups is 1. The Morgan fingerprint density at radius 1 is 1.21 bits per heavy atom. The predicted octanol–water partition coefficient (Wildman–Crippen LogP) is 3.88. The monoisotopic (exact) mass is 463 g/mol. The summed E-state index contributed by atoms with van der Waals surface area (Å²) < 4.78 is 43.8. The van der Waals surface area contributed by atoms with Crippen LogP contribution in [0.25, 0.3) is 0 Å². The summed E-state index contributed by atoms with van der Waals surface area (Å²) in [6, 6.07) is 0. The number of carbonyl (C=O) groups is 1. The number of alkyl halides is 3. The molecule has 1 saturated carbocycles. The van der Waals surface area contributed by atoms with Crippen LogP contribution < -0.4 is 5.43 Å². The van der Waals surface area contributed by atoms with Crippen LogP contribution in [0.3, 0.4) is 0 Å². The highest BCUT2D eigenvalue weighted by molar-refractivity contribution is 5.90. The van der Waals surface area contributed by atoms with E-state index < -0.39 is 6.36 Å². The van der Waals surface area contributed by atoms with Crippen LogP contribution in [0.5, 0.6) is 0 Å². The maximum absolute atomic E-state index is 12.6. The summed E-state index contributed by atoms with van der Waals surface area (Å²) >= 11 is 0. The van der Waals surface area contributed by atoms with Crippen LogP contribution >= 0.6 is 0 Å². The summed E-state index contributed by atoms with van der Waals surface area (Å²) in [6.45, 7) is 2.35. The molecule has 178 valence electrons. The van der Waals surface area contributed by atoms with Crippen LogP contribution in [0, 0.1) is 11.8 Å². The van der Waals surface area contributed by atoms with Crippen molar-refractivity contribution in [3.63, 3.8) is 0 Å². The molecule has 1 unspecified atom stereocenters. The van der Waals surface area contributed by atoms with Crippen LogP contribution in [0.1, 0.15) is 56.0 Å². The second kappa shape index (κ2) is 8.87. The lowest BCUT2D eigenvalue weighted by atomic mass is 9.96. The van der Waals surface area contributed by atoms with Gasteiger partial charge in [0.1, 0.15) is 17.4 Å². The third-order valence-corrected chi connectivity index (χ3v) is 6.73. The van der Waals surface area contributed by atoms with E-state index >= 15 is 0 Å². The van der Waals surface area contributed by atoms with Crippen LogP contribution in [-0.2, 0) is 16.0 Å². The van der Waals surface area contributed by atoms with Crippen molar-refractivity contribution in [3.05, 3.63) is 41.7 Å². The number of rotatable bonds is 5. The Bertz CT molecular complexity index is 985. The minimum Gasteiger partial charge on any atom is -0.406 e. The molecule has 1 N–H and O–H groups in total. The van der Waals surface area contributed by atoms with E-state index in [4.69, 9.17) is 4.99 Å². The third kappa shape index (κ3) is 5.25. The average Bonchev–Trinajstić information content (AvgIpc) is 3.56. The number of imidazole rings is 1. The Labute approximate surface area is 190 Å². The van der Waals surface area contributed by atoms with Gasteiger partial charge in [-0.25, -0.2) is 9.66 Å². The minimum absolute atomic E-state index is 0.203. The number of nitrogens with one attached hydrogen (secondary N) is 1. The zero-order valence-electron chi connectivity index (χ0n) is 18.4. The van der Waals surface area contributed by atoms with Crippen LogP contribution in [-0.4, -0.2) is 52.3 Å². The number of carbonyl (C=O) groups excluding carboxylic acids is 1. The smallest absolute Gasteiger partial charge is 0.406 e. The van der Waals surface area contributed by atoms with Gasteiger partial charge >= 0.3 is 6.36 Å². The van der Waals surface area contributed by atoms with Crippen molar-refractivity contribution < 1.29 is 22.7 Å². The van der Waals surface area contributed by atoms with E-state index in [1.807, 2.05) is 9.58 Å². The summed E-state index contributed by atoms with van der Waals surface area (Å²) in [5.41, 5.74) is 4.11. The summed E-state index contributed by atoms with van der Waals surface area (Å²) in [7, 11) is 0. The number of halogens is 3. The average molecular weight is 464 g/mol. The van der Waals surface area contributed by atoms with Gasteiger partial charge < -0.3 is 9.64 Å². The number of nitrogens with zero attached hydrogens (tertiary/aromatic N) is 4. The number of hydrogen-bond donors (Lipinski definition) is 1. The Morgan fingerprint density at radius 2 is 2.00 bits per heavy atom. The number of ether oxygens (including phenoxy) is 1. The normalized spacial score (nSPS) is 24.9. The summed E-state index contributed by atoms with van der Waals surface area (Å²) in [5, 5.41) is 0. The largest absolute Gasteiger partial charge is 0.573 e. The number of fused-ring (bicyclic) bond motifs is 1. The van der Waals surface area contributed by atoms with Gasteiger partial charge in [0.15, 0.2) is 0 Å². The number of likely N-dealkylation sites (tertiary alicyclic amines) is 1. The molecule has 7 nitrogen and oxygen atoms in total. The van der Waals surface area contributed by atoms with Gasteiger partial charge in [-0.3, -0.25) is 15.2 Å². The van der Waals surface area contributed by atoms with Gasteiger partial charge in [-0.1, -0.05) is 6.08 Å². The number of aryl methyl sites for hydroxylation is 1. The first-order valence-electron chi connectivity index (χ1n) is 11.7. The fourth-order valence-corrected chi connectivity index (χ4v) is 4.73. The molecule has 0 spiro atoms. The molecule has 1 aromatic rings. The lowest BCUT2D eigenvalue weighted by Crippen LogP contribution is -2.40. The third-order valence-electron chi connectivity index (χ3n) is 6.73. The van der Waals surface area contributed by atoms with E-state index in [9.17, 15) is 18.0 Å². The van der Waals surface area contributed by atoms with Crippen molar-refractivity contribution in [3.8, 4) is 0 Å². The van der Waals surface area contributed by atoms with Crippen LogP contribution in [0.4, 0.5) is 13.2 Å². The molecule has 33 heavy (non-hydrogen) atoms. The van der Waals surface area contributed by atoms with E-state index in [2.05, 4.69) is 15.1 Å². The molecule has 10 heteroatoms. The molecule has 3 heterocycles. The highest BCUT2D eigenvalue weighted by atomic mass is 19.4. The maximum Gasteiger partial charge on any atom is 0.573 e. The fourth-order valence-electron chi connectivity index (χ4n) is 4.73. The summed E-state index contributed by atoms with van der Waals surface area (Å²) in [4.78, 5) is 23.5. The quantitative estimate of drug-likeness (QED) is 0.720. The molecule has 2 aliphatic heterocycles. The van der Waals surface area contributed by atoms with Crippen molar-refractivity contribution in [1.82, 2.24) is 14.6 Å². The molecular weight excluding hydrogens is 435 g/mol. The second-order valence-corrected chi connectivity index (χ2v) is 9.24. The molecule has 4 aliphatic rings. The van der Waals surface area contributed by atoms with Crippen molar-refractivity contribution in [1.29, 1.82) is 0 Å². The van der Waals surface area contributed by atoms with Gasteiger partial charge in [0.25, 0.3) is 0 Å². The first kappa shape index (κ1) is 22.0. The van der Waals surface area contributed by atoms with Crippen LogP contribution in [0.2, 0.25) is 0 Å². The van der Waals surface area contributed by atoms with Crippen molar-refractivity contribution in [2.24, 2.45) is 16.8 Å². The number of hydrogen-bond acceptors (Lipinski definition) is 4. The summed E-state index contributed by atoms with van der Waals surface area (Å²) in [6.07, 6.45) is 7.58. The standard InChI is InChI=1S/C23H28F3N5O2/c24-23(25,26)33-18-3-1-2-17(12-18)19-14-28-21-7-6-20(29-31(19)21)27-13-15-8-10-30(11-9-15)22(32)16-4-5-16/h1,3,12,14-17H,2,4-11,13H2,(H,27,29).